The average Bonchev–Trinajstić information content (AvgIpc) is 2.84. The number of fused-ring (bicyclic) bond motifs is 1. The monoisotopic (exact) mass is 342 g/mol. The van der Waals surface area contributed by atoms with Crippen molar-refractivity contribution in [2.24, 2.45) is 0 Å². The summed E-state index contributed by atoms with van der Waals surface area (Å²) in [6.07, 6.45) is 1.84. The van der Waals surface area contributed by atoms with Crippen molar-refractivity contribution in [3.63, 3.8) is 0 Å². The van der Waals surface area contributed by atoms with Crippen molar-refractivity contribution in [2.75, 3.05) is 13.7 Å². The first-order valence-electron chi connectivity index (χ1n) is 5.51. The van der Waals surface area contributed by atoms with E-state index in [-0.39, 0.29) is 24.8 Å². The van der Waals surface area contributed by atoms with Crippen molar-refractivity contribution in [2.45, 2.75) is 6.42 Å². The van der Waals surface area contributed by atoms with Crippen LogP contribution in [0.25, 0.3) is 10.2 Å². The number of methoxy groups -OCH3 is 1. The van der Waals surface area contributed by atoms with Crippen LogP contribution in [0.2, 0.25) is 0 Å². The number of carbonyl (C=O) groups excluding carboxylic acids is 2. The molecule has 19 heavy (non-hydrogen) atoms. The third-order valence-electron chi connectivity index (χ3n) is 2.43. The molecule has 0 aliphatic carbocycles. The highest BCUT2D eigenvalue weighted by Crippen LogP contribution is 2.30. The van der Waals surface area contributed by atoms with Gasteiger partial charge in [-0.2, -0.15) is 0 Å². The zero-order chi connectivity index (χ0) is 13.8. The van der Waals surface area contributed by atoms with Gasteiger partial charge in [-0.05, 0) is 28.1 Å². The molecule has 0 unspecified atom stereocenters. The molecule has 0 spiro atoms. The molecule has 0 fully saturated rings. The molecule has 0 aromatic carbocycles. The number of nitrogens with zero attached hydrogens (tertiary/aromatic N) is 1. The molecule has 1 amide bonds. The minimum Gasteiger partial charge on any atom is -0.469 e. The first-order valence-corrected chi connectivity index (χ1v) is 7.12. The number of esters is 1. The fraction of sp³-hybridized carbons (Fsp3) is 0.250. The van der Waals surface area contributed by atoms with Crippen molar-refractivity contribution in [1.82, 2.24) is 10.3 Å². The summed E-state index contributed by atoms with van der Waals surface area (Å²) in [4.78, 5) is 27.6. The van der Waals surface area contributed by atoms with Crippen molar-refractivity contribution in [1.29, 1.82) is 0 Å². The molecule has 2 aromatic heterocycles. The van der Waals surface area contributed by atoms with Gasteiger partial charge in [0.2, 0.25) is 0 Å². The topological polar surface area (TPSA) is 68.3 Å². The first kappa shape index (κ1) is 14.0. The van der Waals surface area contributed by atoms with E-state index >= 15 is 0 Å². The molecule has 5 nitrogen and oxygen atoms in total. The summed E-state index contributed by atoms with van der Waals surface area (Å²) in [6.45, 7) is 0.258. The van der Waals surface area contributed by atoms with E-state index in [9.17, 15) is 9.59 Å². The number of aromatic nitrogens is 1. The highest BCUT2D eigenvalue weighted by molar-refractivity contribution is 9.10. The highest BCUT2D eigenvalue weighted by atomic mass is 79.9. The summed E-state index contributed by atoms with van der Waals surface area (Å²) in [7, 11) is 1.32. The highest BCUT2D eigenvalue weighted by Gasteiger charge is 2.12. The van der Waals surface area contributed by atoms with Gasteiger partial charge in [0.1, 0.15) is 0 Å². The lowest BCUT2D eigenvalue weighted by Gasteiger charge is -2.01. The standard InChI is InChI=1S/C12H11BrN2O3S/c1-18-10(16)3-5-15-12(17)9-6-8-11(19-9)7(13)2-4-14-8/h2,4,6H,3,5H2,1H3,(H,15,17). The van der Waals surface area contributed by atoms with E-state index in [0.29, 0.717) is 4.88 Å². The Balaban J connectivity index is 2.05. The smallest absolute Gasteiger partial charge is 0.307 e. The number of hydrogen-bond acceptors (Lipinski definition) is 5. The quantitative estimate of drug-likeness (QED) is 0.866. The van der Waals surface area contributed by atoms with E-state index in [1.807, 2.05) is 6.07 Å². The van der Waals surface area contributed by atoms with Crippen LogP contribution in [0.1, 0.15) is 16.1 Å². The number of ether oxygens (including phenoxy) is 1. The number of hydrogen-bond donors (Lipinski definition) is 1. The molecule has 7 heteroatoms. The lowest BCUT2D eigenvalue weighted by Crippen LogP contribution is -2.25. The summed E-state index contributed by atoms with van der Waals surface area (Å²) in [6, 6.07) is 3.57. The molecule has 1 N–H and O–H groups in total. The largest absolute Gasteiger partial charge is 0.469 e. The van der Waals surface area contributed by atoms with E-state index < -0.39 is 0 Å². The predicted octanol–water partition coefficient (Wildman–Crippen LogP) is 2.35. The van der Waals surface area contributed by atoms with Crippen molar-refractivity contribution in [3.8, 4) is 0 Å². The second-order valence-corrected chi connectivity index (χ2v) is 5.61. The Kier molecular flexibility index (Phi) is 4.49. The lowest BCUT2D eigenvalue weighted by molar-refractivity contribution is -0.140. The molecule has 0 saturated carbocycles. The predicted molar refractivity (Wildman–Crippen MR) is 76.3 cm³/mol. The molecule has 2 rings (SSSR count). The molecule has 2 heterocycles. The maximum absolute atomic E-state index is 11.9. The van der Waals surface area contributed by atoms with Crippen LogP contribution in [-0.4, -0.2) is 30.5 Å². The molecular weight excluding hydrogens is 332 g/mol. The molecule has 0 atom stereocenters. The van der Waals surface area contributed by atoms with Gasteiger partial charge < -0.3 is 10.1 Å². The average molecular weight is 343 g/mol. The lowest BCUT2D eigenvalue weighted by atomic mass is 10.3. The zero-order valence-corrected chi connectivity index (χ0v) is 12.5. The van der Waals surface area contributed by atoms with Crippen LogP contribution in [0, 0.1) is 0 Å². The number of amides is 1. The summed E-state index contributed by atoms with van der Waals surface area (Å²) >= 11 is 4.78. The van der Waals surface area contributed by atoms with Crippen LogP contribution in [0.15, 0.2) is 22.8 Å². The van der Waals surface area contributed by atoms with Gasteiger partial charge in [-0.25, -0.2) is 0 Å². The van der Waals surface area contributed by atoms with E-state index in [0.717, 1.165) is 14.7 Å². The van der Waals surface area contributed by atoms with E-state index in [2.05, 4.69) is 31.0 Å². The Morgan fingerprint density at radius 3 is 3.00 bits per heavy atom. The number of rotatable bonds is 4. The number of carbonyl (C=O) groups is 2. The van der Waals surface area contributed by atoms with Crippen molar-refractivity contribution in [3.05, 3.63) is 27.7 Å². The van der Waals surface area contributed by atoms with Crippen LogP contribution in [0.3, 0.4) is 0 Å². The molecule has 0 bridgehead atoms. The Bertz CT molecular complexity index is 626. The zero-order valence-electron chi connectivity index (χ0n) is 10.1. The maximum Gasteiger partial charge on any atom is 0.307 e. The minimum atomic E-state index is -0.346. The normalized spacial score (nSPS) is 10.4. The fourth-order valence-electron chi connectivity index (χ4n) is 1.49. The second kappa shape index (κ2) is 6.12. The van der Waals surface area contributed by atoms with Crippen LogP contribution in [-0.2, 0) is 9.53 Å². The Morgan fingerprint density at radius 2 is 2.32 bits per heavy atom. The van der Waals surface area contributed by atoms with Crippen LogP contribution >= 0.6 is 27.3 Å². The Hall–Kier alpha value is -1.47. The van der Waals surface area contributed by atoms with Crippen molar-refractivity contribution < 1.29 is 14.3 Å². The summed E-state index contributed by atoms with van der Waals surface area (Å²) in [5.41, 5.74) is 0.775. The van der Waals surface area contributed by atoms with Gasteiger partial charge in [-0.1, -0.05) is 0 Å². The SMILES string of the molecule is COC(=O)CCNC(=O)c1cc2nccc(Br)c2s1. The summed E-state index contributed by atoms with van der Waals surface area (Å²) < 4.78 is 6.34. The third kappa shape index (κ3) is 3.30. The van der Waals surface area contributed by atoms with Gasteiger partial charge in [0.05, 0.1) is 28.6 Å². The molecule has 2 aromatic rings. The van der Waals surface area contributed by atoms with Crippen LogP contribution < -0.4 is 5.32 Å². The van der Waals surface area contributed by atoms with Crippen LogP contribution in [0.5, 0.6) is 0 Å². The molecule has 0 radical (unpaired) electrons. The van der Waals surface area contributed by atoms with E-state index in [1.165, 1.54) is 18.4 Å². The molecular formula is C12H11BrN2O3S. The van der Waals surface area contributed by atoms with Crippen LogP contribution in [0.4, 0.5) is 0 Å². The van der Waals surface area contributed by atoms with E-state index in [1.54, 1.807) is 12.3 Å². The summed E-state index contributed by atoms with van der Waals surface area (Å²) in [5.74, 6) is -0.556. The van der Waals surface area contributed by atoms with Gasteiger partial charge in [0, 0.05) is 17.2 Å². The van der Waals surface area contributed by atoms with Gasteiger partial charge in [0.25, 0.3) is 5.91 Å². The number of nitrogens with one attached hydrogen (secondary N) is 1. The summed E-state index contributed by atoms with van der Waals surface area (Å²) in [5, 5.41) is 2.67. The number of thiophene rings is 1. The van der Waals surface area contributed by atoms with Gasteiger partial charge in [-0.15, -0.1) is 11.3 Å². The third-order valence-corrected chi connectivity index (χ3v) is 4.51. The van der Waals surface area contributed by atoms with Gasteiger partial charge in [0.15, 0.2) is 0 Å². The molecule has 0 aliphatic rings. The maximum atomic E-state index is 11.9. The fourth-order valence-corrected chi connectivity index (χ4v) is 2.99. The first-order chi connectivity index (χ1) is 9.11. The molecule has 100 valence electrons. The van der Waals surface area contributed by atoms with E-state index in [4.69, 9.17) is 0 Å². The number of halogens is 1. The Labute approximate surface area is 122 Å². The minimum absolute atomic E-state index is 0.162. The Morgan fingerprint density at radius 1 is 1.53 bits per heavy atom. The van der Waals surface area contributed by atoms with Gasteiger partial charge >= 0.3 is 5.97 Å². The number of pyridine rings is 1. The van der Waals surface area contributed by atoms with Gasteiger partial charge in [-0.3, -0.25) is 14.6 Å². The molecule has 0 saturated heterocycles. The molecule has 0 aliphatic heterocycles. The van der Waals surface area contributed by atoms with Crippen molar-refractivity contribution >= 4 is 49.4 Å². The second-order valence-electron chi connectivity index (χ2n) is 3.70.